The van der Waals surface area contributed by atoms with Crippen LogP contribution < -0.4 is 5.73 Å². The van der Waals surface area contributed by atoms with Gasteiger partial charge in [-0.1, -0.05) is 24.9 Å². The van der Waals surface area contributed by atoms with Gasteiger partial charge in [0.2, 0.25) is 0 Å². The zero-order valence-electron chi connectivity index (χ0n) is 10.3. The number of hydrogen-bond donors (Lipinski definition) is 1. The molecule has 0 aliphatic carbocycles. The summed E-state index contributed by atoms with van der Waals surface area (Å²) in [5.74, 6) is 0.219. The van der Waals surface area contributed by atoms with E-state index in [9.17, 15) is 13.2 Å². The van der Waals surface area contributed by atoms with E-state index in [4.69, 9.17) is 17.3 Å². The zero-order valence-corrected chi connectivity index (χ0v) is 11.0. The van der Waals surface area contributed by atoms with Gasteiger partial charge in [0.25, 0.3) is 0 Å². The van der Waals surface area contributed by atoms with E-state index in [1.165, 1.54) is 4.40 Å². The smallest absolute Gasteiger partial charge is 0.383 e. The molecule has 0 bridgehead atoms. The predicted octanol–water partition coefficient (Wildman–Crippen LogP) is 3.93. The number of aromatic nitrogens is 2. The number of aryl methyl sites for hydroxylation is 1. The Labute approximate surface area is 113 Å². The van der Waals surface area contributed by atoms with Gasteiger partial charge in [0.15, 0.2) is 5.65 Å². The molecule has 0 atom stereocenters. The molecule has 0 aliphatic heterocycles. The topological polar surface area (TPSA) is 43.3 Å². The van der Waals surface area contributed by atoms with E-state index in [0.29, 0.717) is 12.1 Å². The number of alkyl halides is 3. The first kappa shape index (κ1) is 14.0. The SMILES string of the molecule is CCCCc1nc2c(Cl)cc(C(F)(F)F)cn2c1N. The van der Waals surface area contributed by atoms with Crippen LogP contribution in [0.2, 0.25) is 5.02 Å². The van der Waals surface area contributed by atoms with Crippen LogP contribution in [0, 0.1) is 0 Å². The van der Waals surface area contributed by atoms with Crippen LogP contribution >= 0.6 is 11.6 Å². The maximum atomic E-state index is 12.7. The summed E-state index contributed by atoms with van der Waals surface area (Å²) in [7, 11) is 0. The molecule has 104 valence electrons. The largest absolute Gasteiger partial charge is 0.417 e. The van der Waals surface area contributed by atoms with Gasteiger partial charge in [-0.25, -0.2) is 4.98 Å². The molecule has 19 heavy (non-hydrogen) atoms. The Morgan fingerprint density at radius 2 is 2.11 bits per heavy atom. The Kier molecular flexibility index (Phi) is 3.62. The summed E-state index contributed by atoms with van der Waals surface area (Å²) in [4.78, 5) is 4.21. The molecular weight excluding hydrogens is 279 g/mol. The zero-order chi connectivity index (χ0) is 14.2. The molecule has 0 fully saturated rings. The van der Waals surface area contributed by atoms with Crippen LogP contribution in [0.5, 0.6) is 0 Å². The van der Waals surface area contributed by atoms with E-state index in [1.54, 1.807) is 0 Å². The van der Waals surface area contributed by atoms with Crippen molar-refractivity contribution in [2.24, 2.45) is 0 Å². The monoisotopic (exact) mass is 291 g/mol. The van der Waals surface area contributed by atoms with Crippen LogP contribution in [0.15, 0.2) is 12.3 Å². The van der Waals surface area contributed by atoms with Crippen molar-refractivity contribution >= 4 is 23.1 Å². The van der Waals surface area contributed by atoms with Crippen molar-refractivity contribution in [1.82, 2.24) is 9.38 Å². The van der Waals surface area contributed by atoms with Gasteiger partial charge in [-0.2, -0.15) is 13.2 Å². The number of unbranched alkanes of at least 4 members (excludes halogenated alkanes) is 1. The van der Waals surface area contributed by atoms with Crippen molar-refractivity contribution in [2.75, 3.05) is 5.73 Å². The van der Waals surface area contributed by atoms with E-state index in [1.807, 2.05) is 6.92 Å². The highest BCUT2D eigenvalue weighted by Gasteiger charge is 2.32. The van der Waals surface area contributed by atoms with E-state index >= 15 is 0 Å². The quantitative estimate of drug-likeness (QED) is 0.931. The predicted molar refractivity (Wildman–Crippen MR) is 68.2 cm³/mol. The van der Waals surface area contributed by atoms with Crippen LogP contribution in [-0.2, 0) is 12.6 Å². The number of rotatable bonds is 3. The second-order valence-electron chi connectivity index (χ2n) is 4.32. The molecule has 0 unspecified atom stereocenters. The van der Waals surface area contributed by atoms with Gasteiger partial charge < -0.3 is 5.73 Å². The third-order valence-corrected chi connectivity index (χ3v) is 3.16. The van der Waals surface area contributed by atoms with Gasteiger partial charge in [-0.3, -0.25) is 4.40 Å². The van der Waals surface area contributed by atoms with Gasteiger partial charge in [0.05, 0.1) is 16.3 Å². The van der Waals surface area contributed by atoms with E-state index in [0.717, 1.165) is 25.1 Å². The first-order valence-electron chi connectivity index (χ1n) is 5.87. The fourth-order valence-electron chi connectivity index (χ4n) is 1.85. The van der Waals surface area contributed by atoms with Gasteiger partial charge in [0, 0.05) is 6.20 Å². The number of hydrogen-bond acceptors (Lipinski definition) is 2. The second kappa shape index (κ2) is 4.92. The summed E-state index contributed by atoms with van der Waals surface area (Å²) in [6, 6.07) is 0.868. The molecular formula is C12H13ClF3N3. The molecule has 2 aromatic rings. The number of fused-ring (bicyclic) bond motifs is 1. The second-order valence-corrected chi connectivity index (χ2v) is 4.72. The van der Waals surface area contributed by atoms with Crippen molar-refractivity contribution in [3.8, 4) is 0 Å². The maximum Gasteiger partial charge on any atom is 0.417 e. The first-order chi connectivity index (χ1) is 8.84. The summed E-state index contributed by atoms with van der Waals surface area (Å²) in [6.45, 7) is 2.01. The Balaban J connectivity index is 2.57. The highest BCUT2D eigenvalue weighted by molar-refractivity contribution is 6.33. The minimum atomic E-state index is -4.46. The van der Waals surface area contributed by atoms with Gasteiger partial charge in [-0.05, 0) is 18.9 Å². The average molecular weight is 292 g/mol. The van der Waals surface area contributed by atoms with Crippen LogP contribution in [0.1, 0.15) is 31.0 Å². The van der Waals surface area contributed by atoms with Crippen LogP contribution in [0.3, 0.4) is 0 Å². The number of anilines is 1. The van der Waals surface area contributed by atoms with Crippen molar-refractivity contribution in [3.05, 3.63) is 28.5 Å². The lowest BCUT2D eigenvalue weighted by Gasteiger charge is -2.08. The first-order valence-corrected chi connectivity index (χ1v) is 6.25. The van der Waals surface area contributed by atoms with Gasteiger partial charge >= 0.3 is 6.18 Å². The fraction of sp³-hybridized carbons (Fsp3) is 0.417. The van der Waals surface area contributed by atoms with Crippen LogP contribution in [0.4, 0.5) is 19.0 Å². The normalized spacial score (nSPS) is 12.3. The molecule has 2 N–H and O–H groups in total. The van der Waals surface area contributed by atoms with Gasteiger partial charge in [0.1, 0.15) is 5.82 Å². The minimum absolute atomic E-state index is 0.0516. The lowest BCUT2D eigenvalue weighted by Crippen LogP contribution is -2.07. The number of nitrogen functional groups attached to an aromatic ring is 1. The van der Waals surface area contributed by atoms with E-state index < -0.39 is 11.7 Å². The summed E-state index contributed by atoms with van der Waals surface area (Å²) in [5, 5.41) is -0.0516. The van der Waals surface area contributed by atoms with Crippen LogP contribution in [0.25, 0.3) is 5.65 Å². The minimum Gasteiger partial charge on any atom is -0.383 e. The molecule has 0 amide bonds. The van der Waals surface area contributed by atoms with Crippen molar-refractivity contribution in [1.29, 1.82) is 0 Å². The summed E-state index contributed by atoms with van der Waals surface area (Å²) in [5.41, 5.74) is 5.85. The number of halogens is 4. The highest BCUT2D eigenvalue weighted by atomic mass is 35.5. The molecule has 3 nitrogen and oxygen atoms in total. The maximum absolute atomic E-state index is 12.7. The van der Waals surface area contributed by atoms with Crippen molar-refractivity contribution < 1.29 is 13.2 Å². The van der Waals surface area contributed by atoms with Crippen LogP contribution in [-0.4, -0.2) is 9.38 Å². The molecule has 2 rings (SSSR count). The Bertz CT molecular complexity index is 604. The average Bonchev–Trinajstić information content (AvgIpc) is 2.64. The number of pyridine rings is 1. The van der Waals surface area contributed by atoms with Crippen molar-refractivity contribution in [2.45, 2.75) is 32.4 Å². The fourth-order valence-corrected chi connectivity index (χ4v) is 2.10. The van der Waals surface area contributed by atoms with E-state index in [2.05, 4.69) is 4.98 Å². The van der Waals surface area contributed by atoms with Gasteiger partial charge in [-0.15, -0.1) is 0 Å². The molecule has 0 aliphatic rings. The molecule has 7 heteroatoms. The number of nitrogens with two attached hydrogens (primary N) is 1. The third kappa shape index (κ3) is 2.63. The lowest BCUT2D eigenvalue weighted by atomic mass is 10.2. The molecule has 0 aromatic carbocycles. The summed E-state index contributed by atoms with van der Waals surface area (Å²) in [6.07, 6.45) is -1.08. The summed E-state index contributed by atoms with van der Waals surface area (Å²) < 4.78 is 39.3. The van der Waals surface area contributed by atoms with E-state index in [-0.39, 0.29) is 16.5 Å². The number of imidazole rings is 1. The Morgan fingerprint density at radius 1 is 1.42 bits per heavy atom. The lowest BCUT2D eigenvalue weighted by molar-refractivity contribution is -0.137. The molecule has 0 radical (unpaired) electrons. The Morgan fingerprint density at radius 3 is 2.68 bits per heavy atom. The molecule has 2 heterocycles. The third-order valence-electron chi connectivity index (χ3n) is 2.88. The standard InChI is InChI=1S/C12H13ClF3N3/c1-2-3-4-9-10(17)19-6-7(12(14,15)16)5-8(13)11(19)18-9/h5-6H,2-4,17H2,1H3. The highest BCUT2D eigenvalue weighted by Crippen LogP contribution is 2.33. The molecule has 0 spiro atoms. The molecule has 0 saturated heterocycles. The molecule has 2 aromatic heterocycles. The Hall–Kier alpha value is -1.43. The van der Waals surface area contributed by atoms with Crippen molar-refractivity contribution in [3.63, 3.8) is 0 Å². The number of nitrogens with zero attached hydrogens (tertiary/aromatic N) is 2. The summed E-state index contributed by atoms with van der Waals surface area (Å²) >= 11 is 5.85. The molecule has 0 saturated carbocycles.